The number of benzene rings is 1. The summed E-state index contributed by atoms with van der Waals surface area (Å²) in [5, 5.41) is 9.24. The van der Waals surface area contributed by atoms with Gasteiger partial charge in [0.2, 0.25) is 0 Å². The lowest BCUT2D eigenvalue weighted by Crippen LogP contribution is -2.19. The summed E-state index contributed by atoms with van der Waals surface area (Å²) in [6.45, 7) is 1.21. The van der Waals surface area contributed by atoms with E-state index in [1.54, 1.807) is 12.1 Å². The van der Waals surface area contributed by atoms with E-state index >= 15 is 0 Å². The summed E-state index contributed by atoms with van der Waals surface area (Å²) in [5.41, 5.74) is 1.12. The van der Waals surface area contributed by atoms with Gasteiger partial charge in [0.15, 0.2) is 5.78 Å². The fourth-order valence-electron chi connectivity index (χ4n) is 2.77. The average molecular weight is 486 g/mol. The zero-order valence-electron chi connectivity index (χ0n) is 14.5. The Hall–Kier alpha value is -1.91. The summed E-state index contributed by atoms with van der Waals surface area (Å²) >= 11 is 2.01. The van der Waals surface area contributed by atoms with Gasteiger partial charge in [-0.1, -0.05) is 6.07 Å². The molecule has 3 aromatic rings. The minimum atomic E-state index is -0.717. The molecule has 0 aliphatic rings. The molecule has 0 spiro atoms. The van der Waals surface area contributed by atoms with Gasteiger partial charge in [-0.05, 0) is 53.3 Å². The first kappa shape index (κ1) is 19.8. The molecule has 0 amide bonds. The lowest BCUT2D eigenvalue weighted by atomic mass is 10.0. The van der Waals surface area contributed by atoms with Crippen molar-refractivity contribution in [1.82, 2.24) is 9.38 Å². The van der Waals surface area contributed by atoms with Crippen LogP contribution in [0.25, 0.3) is 5.52 Å². The third-order valence-corrected chi connectivity index (χ3v) is 4.69. The highest BCUT2D eigenvalue weighted by atomic mass is 127. The van der Waals surface area contributed by atoms with Crippen LogP contribution in [0.2, 0.25) is 0 Å². The quantitative estimate of drug-likeness (QED) is 0.411. The van der Waals surface area contributed by atoms with Crippen molar-refractivity contribution < 1.29 is 23.4 Å². The molecular formula is C19H17F2IN2O3. The van der Waals surface area contributed by atoms with E-state index in [1.165, 1.54) is 29.9 Å². The second-order valence-corrected chi connectivity index (χ2v) is 7.45. The fourth-order valence-corrected chi connectivity index (χ4v) is 3.22. The summed E-state index contributed by atoms with van der Waals surface area (Å²) in [7, 11) is 0. The number of imidazole rings is 1. The molecule has 0 fully saturated rings. The molecule has 142 valence electrons. The number of aliphatic hydroxyl groups is 1. The van der Waals surface area contributed by atoms with E-state index in [2.05, 4.69) is 4.98 Å². The van der Waals surface area contributed by atoms with Crippen LogP contribution in [-0.4, -0.2) is 39.6 Å². The Morgan fingerprint density at radius 1 is 1.33 bits per heavy atom. The summed E-state index contributed by atoms with van der Waals surface area (Å²) in [6, 6.07) is 5.94. The first-order valence-corrected chi connectivity index (χ1v) is 9.31. The first-order valence-electron chi connectivity index (χ1n) is 8.23. The number of rotatable bonds is 7. The maximum Gasteiger partial charge on any atom is 0.190 e. The maximum absolute atomic E-state index is 14.4. The van der Waals surface area contributed by atoms with Crippen molar-refractivity contribution >= 4 is 33.9 Å². The Kier molecular flexibility index (Phi) is 6.18. The number of fused-ring (bicyclic) bond motifs is 1. The lowest BCUT2D eigenvalue weighted by molar-refractivity contribution is 0.0424. The second-order valence-electron chi connectivity index (χ2n) is 6.20. The Bertz CT molecular complexity index is 988. The van der Waals surface area contributed by atoms with E-state index < -0.39 is 23.5 Å². The van der Waals surface area contributed by atoms with Gasteiger partial charge in [0.1, 0.15) is 23.8 Å². The number of halogens is 3. The van der Waals surface area contributed by atoms with Gasteiger partial charge in [-0.3, -0.25) is 9.20 Å². The molecule has 0 saturated carbocycles. The van der Waals surface area contributed by atoms with Crippen LogP contribution in [0.1, 0.15) is 28.5 Å². The molecular weight excluding hydrogens is 469 g/mol. The van der Waals surface area contributed by atoms with Crippen LogP contribution in [0.4, 0.5) is 8.78 Å². The van der Waals surface area contributed by atoms with Crippen LogP contribution in [0, 0.1) is 15.2 Å². The summed E-state index contributed by atoms with van der Waals surface area (Å²) in [5.74, 6) is -1.45. The molecule has 1 aromatic carbocycles. The number of ketones is 1. The topological polar surface area (TPSA) is 63.8 Å². The number of nitrogens with zero attached hydrogens (tertiary/aromatic N) is 2. The van der Waals surface area contributed by atoms with E-state index in [4.69, 9.17) is 4.74 Å². The van der Waals surface area contributed by atoms with Gasteiger partial charge in [-0.25, -0.2) is 13.8 Å². The highest BCUT2D eigenvalue weighted by Crippen LogP contribution is 2.23. The zero-order valence-corrected chi connectivity index (χ0v) is 16.6. The van der Waals surface area contributed by atoms with Crippen molar-refractivity contribution in [3.05, 3.63) is 68.8 Å². The SMILES string of the molecule is C[C@H](O)COCC(=O)c1cc(F)c2cncn2c1Cc1ccc(I)cc1F. The Balaban J connectivity index is 2.02. The molecule has 5 nitrogen and oxygen atoms in total. The van der Waals surface area contributed by atoms with Crippen LogP contribution >= 0.6 is 22.6 Å². The standard InChI is InChI=1S/C19H17F2IN2O3/c1-11(25)8-27-9-19(26)14-6-16(21)18-7-23-10-24(18)17(14)4-12-2-3-13(22)5-15(12)20/h2-3,5-7,10-11,25H,4,8-9H2,1H3/t11-/m0/s1. The highest BCUT2D eigenvalue weighted by Gasteiger charge is 2.20. The maximum atomic E-state index is 14.4. The fraction of sp³-hybridized carbons (Fsp3) is 0.263. The molecule has 8 heteroatoms. The number of hydrogen-bond donors (Lipinski definition) is 1. The van der Waals surface area contributed by atoms with Crippen molar-refractivity contribution in [2.75, 3.05) is 13.2 Å². The van der Waals surface area contributed by atoms with Gasteiger partial charge >= 0.3 is 0 Å². The smallest absolute Gasteiger partial charge is 0.190 e. The van der Waals surface area contributed by atoms with E-state index in [1.807, 2.05) is 22.6 Å². The van der Waals surface area contributed by atoms with Gasteiger partial charge in [0, 0.05) is 21.2 Å². The van der Waals surface area contributed by atoms with E-state index in [0.717, 1.165) is 9.64 Å². The summed E-state index contributed by atoms with van der Waals surface area (Å²) < 4.78 is 36.1. The van der Waals surface area contributed by atoms with E-state index in [9.17, 15) is 18.7 Å². The Morgan fingerprint density at radius 2 is 2.11 bits per heavy atom. The number of hydrogen-bond acceptors (Lipinski definition) is 4. The monoisotopic (exact) mass is 486 g/mol. The number of aliphatic hydroxyl groups excluding tert-OH is 1. The van der Waals surface area contributed by atoms with Crippen molar-refractivity contribution in [3.8, 4) is 0 Å². The second kappa shape index (κ2) is 8.41. The van der Waals surface area contributed by atoms with Crippen LogP contribution in [-0.2, 0) is 11.2 Å². The third-order valence-electron chi connectivity index (χ3n) is 4.02. The largest absolute Gasteiger partial charge is 0.391 e. The summed E-state index contributed by atoms with van der Waals surface area (Å²) in [4.78, 5) is 16.5. The molecule has 2 aromatic heterocycles. The number of aromatic nitrogens is 2. The van der Waals surface area contributed by atoms with Crippen molar-refractivity contribution in [2.45, 2.75) is 19.4 Å². The molecule has 2 heterocycles. The van der Waals surface area contributed by atoms with Crippen LogP contribution in [0.15, 0.2) is 36.8 Å². The molecule has 0 bridgehead atoms. The molecule has 0 radical (unpaired) electrons. The minimum Gasteiger partial charge on any atom is -0.391 e. The summed E-state index contributed by atoms with van der Waals surface area (Å²) in [6.07, 6.45) is 2.12. The molecule has 1 atom stereocenters. The molecule has 0 unspecified atom stereocenters. The number of carbonyl (C=O) groups is 1. The Labute approximate surface area is 168 Å². The molecule has 0 saturated heterocycles. The van der Waals surface area contributed by atoms with Gasteiger partial charge in [0.05, 0.1) is 25.2 Å². The molecule has 3 rings (SSSR count). The van der Waals surface area contributed by atoms with Crippen LogP contribution in [0.5, 0.6) is 0 Å². The van der Waals surface area contributed by atoms with Crippen molar-refractivity contribution in [1.29, 1.82) is 0 Å². The van der Waals surface area contributed by atoms with Gasteiger partial charge < -0.3 is 9.84 Å². The lowest BCUT2D eigenvalue weighted by Gasteiger charge is -2.14. The van der Waals surface area contributed by atoms with E-state index in [-0.39, 0.29) is 30.7 Å². The number of carbonyl (C=O) groups excluding carboxylic acids is 1. The average Bonchev–Trinajstić information content (AvgIpc) is 3.09. The highest BCUT2D eigenvalue weighted by molar-refractivity contribution is 14.1. The van der Waals surface area contributed by atoms with Crippen LogP contribution in [0.3, 0.4) is 0 Å². The van der Waals surface area contributed by atoms with Crippen molar-refractivity contribution in [3.63, 3.8) is 0 Å². The normalized spacial score (nSPS) is 12.5. The van der Waals surface area contributed by atoms with E-state index in [0.29, 0.717) is 11.3 Å². The van der Waals surface area contributed by atoms with Gasteiger partial charge in [0.25, 0.3) is 0 Å². The number of ether oxygens (including phenoxy) is 1. The third kappa shape index (κ3) is 4.50. The molecule has 0 aliphatic carbocycles. The van der Waals surface area contributed by atoms with Gasteiger partial charge in [-0.2, -0.15) is 0 Å². The first-order chi connectivity index (χ1) is 12.9. The number of Topliss-reactive ketones (excluding diaryl/α,β-unsaturated/α-hetero) is 1. The molecule has 0 aliphatic heterocycles. The van der Waals surface area contributed by atoms with Crippen LogP contribution < -0.4 is 0 Å². The van der Waals surface area contributed by atoms with Crippen molar-refractivity contribution in [2.24, 2.45) is 0 Å². The molecule has 27 heavy (non-hydrogen) atoms. The minimum absolute atomic E-state index is 0.0113. The Morgan fingerprint density at radius 3 is 2.81 bits per heavy atom. The van der Waals surface area contributed by atoms with Gasteiger partial charge in [-0.15, -0.1) is 0 Å². The number of pyridine rings is 1. The predicted molar refractivity (Wildman–Crippen MR) is 104 cm³/mol. The zero-order chi connectivity index (χ0) is 19.6. The molecule has 1 N–H and O–H groups in total. The predicted octanol–water partition coefficient (Wildman–Crippen LogP) is 3.39.